The number of carbonyl (C=O) groups excluding carboxylic acids is 2. The Labute approximate surface area is 298 Å². The third kappa shape index (κ3) is 10.1. The van der Waals surface area contributed by atoms with Crippen molar-refractivity contribution in [3.05, 3.63) is 129 Å². The quantitative estimate of drug-likeness (QED) is 0.131. The van der Waals surface area contributed by atoms with Crippen LogP contribution in [-0.2, 0) is 38.8 Å². The van der Waals surface area contributed by atoms with E-state index < -0.39 is 56.9 Å². The third-order valence-electron chi connectivity index (χ3n) is 7.77. The molecule has 0 aliphatic rings. The zero-order chi connectivity index (χ0) is 35.8. The van der Waals surface area contributed by atoms with Crippen molar-refractivity contribution < 1.29 is 31.2 Å². The largest absolute Gasteiger partial charge is 0.417 e. The van der Waals surface area contributed by atoms with E-state index in [4.69, 9.17) is 11.6 Å². The molecule has 1 N–H and O–H groups in total. The number of hydrogen-bond acceptors (Lipinski definition) is 4. The molecular formula is C36H36BrClF3N3O4S. The fraction of sp³-hybridized carbons (Fsp3) is 0.278. The third-order valence-corrected chi connectivity index (χ3v) is 10.4. The second kappa shape index (κ2) is 16.7. The van der Waals surface area contributed by atoms with Gasteiger partial charge in [-0.05, 0) is 66.9 Å². The summed E-state index contributed by atoms with van der Waals surface area (Å²) >= 11 is 9.32. The number of anilines is 1. The molecule has 4 aromatic carbocycles. The van der Waals surface area contributed by atoms with Gasteiger partial charge >= 0.3 is 6.18 Å². The molecule has 0 aliphatic carbocycles. The maximum Gasteiger partial charge on any atom is 0.417 e. The van der Waals surface area contributed by atoms with Crippen LogP contribution in [0.5, 0.6) is 0 Å². The molecule has 4 rings (SSSR count). The van der Waals surface area contributed by atoms with E-state index >= 15 is 0 Å². The van der Waals surface area contributed by atoms with Gasteiger partial charge in [0.15, 0.2) is 0 Å². The Morgan fingerprint density at radius 1 is 0.918 bits per heavy atom. The average Bonchev–Trinajstić information content (AvgIpc) is 3.05. The number of alkyl halides is 3. The zero-order valence-corrected chi connectivity index (χ0v) is 30.0. The molecule has 0 aromatic heterocycles. The molecule has 0 unspecified atom stereocenters. The fourth-order valence-corrected chi connectivity index (χ4v) is 7.22. The van der Waals surface area contributed by atoms with Crippen molar-refractivity contribution in [1.82, 2.24) is 10.2 Å². The Balaban J connectivity index is 1.85. The van der Waals surface area contributed by atoms with Gasteiger partial charge in [-0.15, -0.1) is 0 Å². The van der Waals surface area contributed by atoms with E-state index in [1.807, 2.05) is 25.1 Å². The number of unbranched alkanes of at least 4 members (excludes halogenated alkanes) is 1. The van der Waals surface area contributed by atoms with Crippen molar-refractivity contribution in [2.24, 2.45) is 0 Å². The van der Waals surface area contributed by atoms with Gasteiger partial charge in [0.25, 0.3) is 10.0 Å². The molecule has 0 radical (unpaired) electrons. The van der Waals surface area contributed by atoms with Crippen LogP contribution in [0.2, 0.25) is 5.02 Å². The summed E-state index contributed by atoms with van der Waals surface area (Å²) in [5.74, 6) is -1.25. The molecule has 0 spiro atoms. The Morgan fingerprint density at radius 2 is 1.59 bits per heavy atom. The van der Waals surface area contributed by atoms with E-state index in [0.29, 0.717) is 33.4 Å². The molecule has 260 valence electrons. The molecule has 0 saturated heterocycles. The fourth-order valence-electron chi connectivity index (χ4n) is 5.14. The molecule has 0 bridgehead atoms. The maximum absolute atomic E-state index is 14.5. The number of halogens is 5. The zero-order valence-electron chi connectivity index (χ0n) is 26.9. The SMILES string of the molecule is CCCCNC(=O)[C@@H](Cc1ccccc1)N(Cc1cccc(Br)c1)C(=O)CN(c1ccc(Cl)c(C(F)(F)F)c1)S(=O)(=O)c1ccc(C)cc1. The molecule has 4 aromatic rings. The summed E-state index contributed by atoms with van der Waals surface area (Å²) < 4.78 is 71.6. The van der Waals surface area contributed by atoms with Crippen LogP contribution in [0.3, 0.4) is 0 Å². The van der Waals surface area contributed by atoms with Crippen molar-refractivity contribution in [3.8, 4) is 0 Å². The lowest BCUT2D eigenvalue weighted by atomic mass is 10.0. The minimum atomic E-state index is -4.90. The van der Waals surface area contributed by atoms with Gasteiger partial charge in [0.1, 0.15) is 12.6 Å². The minimum absolute atomic E-state index is 0.0934. The number of hydrogen-bond donors (Lipinski definition) is 1. The van der Waals surface area contributed by atoms with Crippen LogP contribution in [0.1, 0.15) is 42.0 Å². The second-order valence-corrected chi connectivity index (χ2v) is 14.7. The van der Waals surface area contributed by atoms with E-state index in [9.17, 15) is 31.2 Å². The van der Waals surface area contributed by atoms with Crippen LogP contribution in [0.4, 0.5) is 18.9 Å². The van der Waals surface area contributed by atoms with Crippen LogP contribution in [0, 0.1) is 6.92 Å². The van der Waals surface area contributed by atoms with Crippen LogP contribution < -0.4 is 9.62 Å². The number of amides is 2. The van der Waals surface area contributed by atoms with Crippen molar-refractivity contribution >= 4 is 55.1 Å². The highest BCUT2D eigenvalue weighted by Gasteiger charge is 2.37. The summed E-state index contributed by atoms with van der Waals surface area (Å²) in [7, 11) is -4.61. The van der Waals surface area contributed by atoms with Crippen LogP contribution >= 0.6 is 27.5 Å². The number of nitrogens with one attached hydrogen (secondary N) is 1. The first kappa shape index (κ1) is 37.9. The first-order valence-corrected chi connectivity index (χ1v) is 18.1. The number of carbonyl (C=O) groups is 2. The molecule has 2 amide bonds. The smallest absolute Gasteiger partial charge is 0.354 e. The lowest BCUT2D eigenvalue weighted by Crippen LogP contribution is -2.53. The molecule has 0 aliphatic heterocycles. The van der Waals surface area contributed by atoms with Gasteiger partial charge in [-0.25, -0.2) is 8.42 Å². The van der Waals surface area contributed by atoms with E-state index in [1.165, 1.54) is 17.0 Å². The monoisotopic (exact) mass is 777 g/mol. The van der Waals surface area contributed by atoms with Gasteiger partial charge in [-0.2, -0.15) is 13.2 Å². The molecular weight excluding hydrogens is 743 g/mol. The molecule has 0 fully saturated rings. The summed E-state index contributed by atoms with van der Waals surface area (Å²) in [6, 6.07) is 23.5. The van der Waals surface area contributed by atoms with Crippen molar-refractivity contribution in [1.29, 1.82) is 0 Å². The normalized spacial score (nSPS) is 12.3. The average molecular weight is 779 g/mol. The molecule has 1 atom stereocenters. The van der Waals surface area contributed by atoms with Crippen molar-refractivity contribution in [2.45, 2.75) is 56.8 Å². The summed E-state index contributed by atoms with van der Waals surface area (Å²) in [4.78, 5) is 29.4. The lowest BCUT2D eigenvalue weighted by molar-refractivity contribution is -0.140. The first-order chi connectivity index (χ1) is 23.2. The van der Waals surface area contributed by atoms with Gasteiger partial charge < -0.3 is 10.2 Å². The van der Waals surface area contributed by atoms with Crippen molar-refractivity contribution in [2.75, 3.05) is 17.4 Å². The Hall–Kier alpha value is -3.87. The highest BCUT2D eigenvalue weighted by atomic mass is 79.9. The van der Waals surface area contributed by atoms with Crippen molar-refractivity contribution in [3.63, 3.8) is 0 Å². The topological polar surface area (TPSA) is 86.8 Å². The Morgan fingerprint density at radius 3 is 2.22 bits per heavy atom. The molecule has 0 saturated carbocycles. The van der Waals surface area contributed by atoms with Gasteiger partial charge in [-0.3, -0.25) is 13.9 Å². The van der Waals surface area contributed by atoms with E-state index in [0.717, 1.165) is 29.7 Å². The minimum Gasteiger partial charge on any atom is -0.354 e. The Kier molecular flexibility index (Phi) is 12.9. The lowest BCUT2D eigenvalue weighted by Gasteiger charge is -2.34. The van der Waals surface area contributed by atoms with Gasteiger partial charge in [0.05, 0.1) is 21.2 Å². The standard InChI is InChI=1S/C36H36BrClF3N3O4S/c1-3-4-19-42-35(46)33(21-26-9-6-5-7-10-26)43(23-27-11-8-12-28(37)20-27)34(45)24-44(49(47,48)30-16-13-25(2)14-17-30)29-15-18-32(38)31(22-29)36(39,40)41/h5-18,20,22,33H,3-4,19,21,23-24H2,1-2H3,(H,42,46)/t33-/m1/s1. The molecule has 49 heavy (non-hydrogen) atoms. The number of sulfonamides is 1. The van der Waals surface area contributed by atoms with E-state index in [-0.39, 0.29) is 17.9 Å². The number of benzene rings is 4. The predicted molar refractivity (Wildman–Crippen MR) is 189 cm³/mol. The summed E-state index contributed by atoms with van der Waals surface area (Å²) in [6.07, 6.45) is -3.29. The first-order valence-electron chi connectivity index (χ1n) is 15.5. The Bertz CT molecular complexity index is 1860. The summed E-state index contributed by atoms with van der Waals surface area (Å²) in [5, 5.41) is 2.27. The van der Waals surface area contributed by atoms with Crippen LogP contribution in [0.15, 0.2) is 106 Å². The van der Waals surface area contributed by atoms with Crippen LogP contribution in [0.25, 0.3) is 0 Å². The second-order valence-electron chi connectivity index (χ2n) is 11.5. The highest BCUT2D eigenvalue weighted by molar-refractivity contribution is 9.10. The molecule has 13 heteroatoms. The molecule has 7 nitrogen and oxygen atoms in total. The summed E-state index contributed by atoms with van der Waals surface area (Å²) in [6.45, 7) is 3.09. The number of rotatable bonds is 14. The van der Waals surface area contributed by atoms with E-state index in [2.05, 4.69) is 21.2 Å². The van der Waals surface area contributed by atoms with Gasteiger partial charge in [0.2, 0.25) is 11.8 Å². The van der Waals surface area contributed by atoms with E-state index in [1.54, 1.807) is 55.5 Å². The number of aryl methyl sites for hydroxylation is 1. The van der Waals surface area contributed by atoms with Gasteiger partial charge in [0, 0.05) is 24.0 Å². The number of nitrogens with zero attached hydrogens (tertiary/aromatic N) is 2. The summed E-state index contributed by atoms with van der Waals surface area (Å²) in [5.41, 5.74) is 0.472. The van der Waals surface area contributed by atoms with Gasteiger partial charge in [-0.1, -0.05) is 101 Å². The van der Waals surface area contributed by atoms with Crippen LogP contribution in [-0.4, -0.2) is 44.3 Å². The predicted octanol–water partition coefficient (Wildman–Crippen LogP) is 8.18. The highest BCUT2D eigenvalue weighted by Crippen LogP contribution is 2.38. The molecule has 0 heterocycles. The maximum atomic E-state index is 14.5.